The normalized spacial score (nSPS) is 14.9. The van der Waals surface area contributed by atoms with Gasteiger partial charge in [0.25, 0.3) is 5.91 Å². The van der Waals surface area contributed by atoms with Crippen LogP contribution in [0.15, 0.2) is 48.8 Å². The molecule has 6 nitrogen and oxygen atoms in total. The molecule has 0 unspecified atom stereocenters. The second-order valence-electron chi connectivity index (χ2n) is 7.16. The van der Waals surface area contributed by atoms with Crippen LogP contribution in [0.2, 0.25) is 0 Å². The third-order valence-electron chi connectivity index (χ3n) is 5.41. The van der Waals surface area contributed by atoms with Crippen LogP contribution in [0.4, 0.5) is 0 Å². The molecule has 2 aromatic heterocycles. The van der Waals surface area contributed by atoms with E-state index in [0.29, 0.717) is 23.8 Å². The Morgan fingerprint density at radius 3 is 2.78 bits per heavy atom. The van der Waals surface area contributed by atoms with E-state index in [-0.39, 0.29) is 5.91 Å². The standard InChI is InChI=1S/C21H25N5O/c1-25(17-9-5-6-10-17)14-13-23-21(27)18-15-24-26-19(11-12-22-20(18)26)16-7-3-2-4-8-16/h2-4,7-8,11-12,15,17H,5-6,9-10,13-14H2,1H3,(H,23,27). The lowest BCUT2D eigenvalue weighted by molar-refractivity contribution is 0.0948. The van der Waals surface area contributed by atoms with E-state index in [4.69, 9.17) is 0 Å². The van der Waals surface area contributed by atoms with E-state index in [9.17, 15) is 4.79 Å². The number of carbonyl (C=O) groups excluding carboxylic acids is 1. The SMILES string of the molecule is CN(CCNC(=O)c1cnn2c(-c3ccccc3)ccnc12)C1CCCC1. The average molecular weight is 363 g/mol. The van der Waals surface area contributed by atoms with Crippen LogP contribution in [-0.4, -0.2) is 51.6 Å². The lowest BCUT2D eigenvalue weighted by Gasteiger charge is -2.23. The monoisotopic (exact) mass is 363 g/mol. The smallest absolute Gasteiger partial charge is 0.256 e. The van der Waals surface area contributed by atoms with Crippen LogP contribution in [0.1, 0.15) is 36.0 Å². The van der Waals surface area contributed by atoms with Gasteiger partial charge >= 0.3 is 0 Å². The molecule has 1 aliphatic rings. The highest BCUT2D eigenvalue weighted by atomic mass is 16.1. The fourth-order valence-electron chi connectivity index (χ4n) is 3.85. The Kier molecular flexibility index (Phi) is 5.16. The highest BCUT2D eigenvalue weighted by Gasteiger charge is 2.20. The van der Waals surface area contributed by atoms with Gasteiger partial charge in [0.05, 0.1) is 11.9 Å². The molecule has 3 aromatic rings. The van der Waals surface area contributed by atoms with E-state index >= 15 is 0 Å². The van der Waals surface area contributed by atoms with Crippen molar-refractivity contribution in [1.29, 1.82) is 0 Å². The number of rotatable bonds is 6. The maximum Gasteiger partial charge on any atom is 0.256 e. The van der Waals surface area contributed by atoms with Gasteiger partial charge in [0.2, 0.25) is 0 Å². The maximum absolute atomic E-state index is 12.6. The summed E-state index contributed by atoms with van der Waals surface area (Å²) >= 11 is 0. The van der Waals surface area contributed by atoms with Crippen molar-refractivity contribution in [1.82, 2.24) is 24.8 Å². The highest BCUT2D eigenvalue weighted by molar-refractivity contribution is 5.99. The quantitative estimate of drug-likeness (QED) is 0.731. The number of likely N-dealkylation sites (N-methyl/N-ethyl adjacent to an activating group) is 1. The van der Waals surface area contributed by atoms with Gasteiger partial charge < -0.3 is 10.2 Å². The number of hydrogen-bond acceptors (Lipinski definition) is 4. The van der Waals surface area contributed by atoms with Gasteiger partial charge in [0, 0.05) is 30.9 Å². The summed E-state index contributed by atoms with van der Waals surface area (Å²) in [5.74, 6) is -0.123. The van der Waals surface area contributed by atoms with E-state index < -0.39 is 0 Å². The topological polar surface area (TPSA) is 62.5 Å². The molecule has 0 spiro atoms. The van der Waals surface area contributed by atoms with Crippen LogP contribution < -0.4 is 5.32 Å². The lowest BCUT2D eigenvalue weighted by atomic mass is 10.1. The predicted octanol–water partition coefficient (Wildman–Crippen LogP) is 3.00. The summed E-state index contributed by atoms with van der Waals surface area (Å²) in [6.45, 7) is 1.49. The van der Waals surface area contributed by atoms with Crippen molar-refractivity contribution in [2.24, 2.45) is 0 Å². The van der Waals surface area contributed by atoms with Crippen molar-refractivity contribution in [3.05, 3.63) is 54.4 Å². The molecule has 0 bridgehead atoms. The first-order valence-electron chi connectivity index (χ1n) is 9.60. The van der Waals surface area contributed by atoms with Gasteiger partial charge in [-0.2, -0.15) is 5.10 Å². The first kappa shape index (κ1) is 17.7. The molecule has 4 rings (SSSR count). The number of carbonyl (C=O) groups is 1. The predicted molar refractivity (Wildman–Crippen MR) is 106 cm³/mol. The molecule has 6 heteroatoms. The fraction of sp³-hybridized carbons (Fsp3) is 0.381. The molecular formula is C21H25N5O. The molecule has 0 aliphatic heterocycles. The summed E-state index contributed by atoms with van der Waals surface area (Å²) in [5.41, 5.74) is 3.05. The summed E-state index contributed by atoms with van der Waals surface area (Å²) in [6, 6.07) is 12.6. The molecule has 0 atom stereocenters. The summed E-state index contributed by atoms with van der Waals surface area (Å²) in [4.78, 5) is 19.4. The third-order valence-corrected chi connectivity index (χ3v) is 5.41. The van der Waals surface area contributed by atoms with E-state index in [1.165, 1.54) is 25.7 Å². The minimum absolute atomic E-state index is 0.123. The van der Waals surface area contributed by atoms with Gasteiger partial charge in [-0.25, -0.2) is 9.50 Å². The molecule has 0 radical (unpaired) electrons. The van der Waals surface area contributed by atoms with Gasteiger partial charge in [0.1, 0.15) is 5.56 Å². The molecule has 27 heavy (non-hydrogen) atoms. The van der Waals surface area contributed by atoms with Gasteiger partial charge in [0.15, 0.2) is 5.65 Å². The molecule has 2 heterocycles. The van der Waals surface area contributed by atoms with E-state index in [0.717, 1.165) is 17.8 Å². The minimum atomic E-state index is -0.123. The maximum atomic E-state index is 12.6. The van der Waals surface area contributed by atoms with Gasteiger partial charge in [-0.1, -0.05) is 43.2 Å². The summed E-state index contributed by atoms with van der Waals surface area (Å²) < 4.78 is 1.73. The molecule has 1 amide bonds. The first-order chi connectivity index (χ1) is 13.2. The Hall–Kier alpha value is -2.73. The van der Waals surface area contributed by atoms with Gasteiger partial charge in [-0.3, -0.25) is 4.79 Å². The van der Waals surface area contributed by atoms with Crippen LogP contribution in [0.3, 0.4) is 0 Å². The number of hydrogen-bond donors (Lipinski definition) is 1. The zero-order valence-electron chi connectivity index (χ0n) is 15.6. The Labute approximate surface area is 159 Å². The van der Waals surface area contributed by atoms with Crippen molar-refractivity contribution in [2.45, 2.75) is 31.7 Å². The molecule has 140 valence electrons. The Balaban J connectivity index is 1.46. The zero-order valence-corrected chi connectivity index (χ0v) is 15.6. The van der Waals surface area contributed by atoms with Crippen LogP contribution in [0.25, 0.3) is 16.9 Å². The van der Waals surface area contributed by atoms with Gasteiger partial charge in [-0.15, -0.1) is 0 Å². The van der Waals surface area contributed by atoms with Crippen molar-refractivity contribution < 1.29 is 4.79 Å². The van der Waals surface area contributed by atoms with E-state index in [1.807, 2.05) is 36.4 Å². The summed E-state index contributed by atoms with van der Waals surface area (Å²) in [5, 5.41) is 7.42. The number of aromatic nitrogens is 3. The molecule has 1 aromatic carbocycles. The van der Waals surface area contributed by atoms with Crippen LogP contribution >= 0.6 is 0 Å². The second-order valence-corrected chi connectivity index (χ2v) is 7.16. The van der Waals surface area contributed by atoms with E-state index in [1.54, 1.807) is 16.9 Å². The Bertz CT molecular complexity index is 915. The van der Waals surface area contributed by atoms with Crippen LogP contribution in [0, 0.1) is 0 Å². The number of nitrogens with zero attached hydrogens (tertiary/aromatic N) is 4. The summed E-state index contributed by atoms with van der Waals surface area (Å²) in [6.07, 6.45) is 8.50. The zero-order chi connectivity index (χ0) is 18.6. The second kappa shape index (κ2) is 7.88. The fourth-order valence-corrected chi connectivity index (χ4v) is 3.85. The van der Waals surface area contributed by atoms with Crippen molar-refractivity contribution >= 4 is 11.6 Å². The number of fused-ring (bicyclic) bond motifs is 1. The summed E-state index contributed by atoms with van der Waals surface area (Å²) in [7, 11) is 2.14. The molecule has 1 aliphatic carbocycles. The lowest BCUT2D eigenvalue weighted by Crippen LogP contribution is -2.37. The third kappa shape index (κ3) is 3.71. The molecule has 1 saturated carbocycles. The highest BCUT2D eigenvalue weighted by Crippen LogP contribution is 2.22. The number of amides is 1. The van der Waals surface area contributed by atoms with Crippen molar-refractivity contribution in [3.8, 4) is 11.3 Å². The Morgan fingerprint density at radius 1 is 1.22 bits per heavy atom. The number of nitrogens with one attached hydrogen (secondary N) is 1. The number of benzene rings is 1. The molecule has 1 fully saturated rings. The largest absolute Gasteiger partial charge is 0.351 e. The van der Waals surface area contributed by atoms with Crippen LogP contribution in [-0.2, 0) is 0 Å². The van der Waals surface area contributed by atoms with Crippen molar-refractivity contribution in [2.75, 3.05) is 20.1 Å². The molecular weight excluding hydrogens is 338 g/mol. The Morgan fingerprint density at radius 2 is 2.00 bits per heavy atom. The van der Waals surface area contributed by atoms with Gasteiger partial charge in [-0.05, 0) is 26.0 Å². The first-order valence-corrected chi connectivity index (χ1v) is 9.60. The van der Waals surface area contributed by atoms with E-state index in [2.05, 4.69) is 27.3 Å². The average Bonchev–Trinajstić information content (AvgIpc) is 3.38. The van der Waals surface area contributed by atoms with Crippen LogP contribution in [0.5, 0.6) is 0 Å². The minimum Gasteiger partial charge on any atom is -0.351 e. The molecule has 1 N–H and O–H groups in total. The van der Waals surface area contributed by atoms with Crippen molar-refractivity contribution in [3.63, 3.8) is 0 Å². The molecule has 0 saturated heterocycles.